The monoisotopic (exact) mass is 294 g/mol. The Morgan fingerprint density at radius 1 is 1.05 bits per heavy atom. The Hall–Kier alpha value is -2.13. The minimum Gasteiger partial charge on any atom is -0.478 e. The van der Waals surface area contributed by atoms with Crippen LogP contribution in [0.1, 0.15) is 69.8 Å². The molecule has 1 fully saturated rings. The molecule has 2 aromatic rings. The maximum Gasteiger partial charge on any atom is 0.336 e. The van der Waals surface area contributed by atoms with Crippen LogP contribution in [-0.2, 0) is 0 Å². The summed E-state index contributed by atoms with van der Waals surface area (Å²) in [6, 6.07) is 12.8. The van der Waals surface area contributed by atoms with Gasteiger partial charge in [0.25, 0.3) is 0 Å². The molecule has 2 aromatic carbocycles. The number of carbonyl (C=O) groups is 1. The second kappa shape index (κ2) is 4.96. The fourth-order valence-corrected chi connectivity index (χ4v) is 4.14. The molecule has 4 rings (SSSR count). The third kappa shape index (κ3) is 1.97. The van der Waals surface area contributed by atoms with Crippen LogP contribution < -0.4 is 0 Å². The van der Waals surface area contributed by atoms with Crippen molar-refractivity contribution in [2.75, 3.05) is 0 Å². The minimum absolute atomic E-state index is 0.164. The topological polar surface area (TPSA) is 57.5 Å². The summed E-state index contributed by atoms with van der Waals surface area (Å²) in [5.41, 5.74) is 4.20. The van der Waals surface area contributed by atoms with E-state index in [1.807, 2.05) is 6.07 Å². The smallest absolute Gasteiger partial charge is 0.336 e. The zero-order valence-electron chi connectivity index (χ0n) is 12.2. The second-order valence-electron chi connectivity index (χ2n) is 6.39. The number of benzene rings is 2. The summed E-state index contributed by atoms with van der Waals surface area (Å²) < 4.78 is 0. The van der Waals surface area contributed by atoms with Crippen molar-refractivity contribution in [2.24, 2.45) is 0 Å². The molecule has 2 N–H and O–H groups in total. The summed E-state index contributed by atoms with van der Waals surface area (Å²) in [6.07, 6.45) is 2.86. The Bertz CT molecular complexity index is 750. The first-order valence-corrected chi connectivity index (χ1v) is 7.79. The summed E-state index contributed by atoms with van der Waals surface area (Å²) in [5.74, 6) is 0.314. The third-order valence-electron chi connectivity index (χ3n) is 5.22. The van der Waals surface area contributed by atoms with E-state index in [1.165, 1.54) is 36.5 Å². The van der Waals surface area contributed by atoms with Crippen molar-refractivity contribution in [3.8, 4) is 0 Å². The van der Waals surface area contributed by atoms with Crippen LogP contribution in [0.25, 0.3) is 0 Å². The fourth-order valence-electron chi connectivity index (χ4n) is 4.14. The largest absolute Gasteiger partial charge is 0.478 e. The summed E-state index contributed by atoms with van der Waals surface area (Å²) >= 11 is 0. The highest BCUT2D eigenvalue weighted by atomic mass is 16.4. The van der Waals surface area contributed by atoms with Crippen LogP contribution in [0.2, 0.25) is 0 Å². The number of carboxylic acids is 1. The molecule has 0 amide bonds. The average Bonchev–Trinajstić information content (AvgIpc) is 3.16. The Morgan fingerprint density at radius 2 is 1.77 bits per heavy atom. The lowest BCUT2D eigenvalue weighted by atomic mass is 9.88. The number of hydrogen-bond acceptors (Lipinski definition) is 2. The zero-order chi connectivity index (χ0) is 15.3. The van der Waals surface area contributed by atoms with Crippen molar-refractivity contribution in [3.63, 3.8) is 0 Å². The average molecular weight is 294 g/mol. The molecule has 0 saturated heterocycles. The highest BCUT2D eigenvalue weighted by Gasteiger charge is 2.37. The van der Waals surface area contributed by atoms with Gasteiger partial charge in [0.15, 0.2) is 0 Å². The van der Waals surface area contributed by atoms with E-state index in [2.05, 4.69) is 12.1 Å². The van der Waals surface area contributed by atoms with Crippen LogP contribution in [0.3, 0.4) is 0 Å². The molecular formula is C19H18O3. The first-order chi connectivity index (χ1) is 10.6. The molecular weight excluding hydrogens is 276 g/mol. The van der Waals surface area contributed by atoms with Gasteiger partial charge in [-0.2, -0.15) is 0 Å². The molecule has 0 aliphatic heterocycles. The number of aliphatic hydroxyl groups is 1. The number of rotatable bonds is 3. The maximum absolute atomic E-state index is 11.3. The van der Waals surface area contributed by atoms with Gasteiger partial charge in [0.05, 0.1) is 5.56 Å². The van der Waals surface area contributed by atoms with Gasteiger partial charge in [-0.05, 0) is 59.4 Å². The van der Waals surface area contributed by atoms with Crippen molar-refractivity contribution >= 4 is 5.97 Å². The highest BCUT2D eigenvalue weighted by molar-refractivity contribution is 5.89. The summed E-state index contributed by atoms with van der Waals surface area (Å²) in [6.45, 7) is 0. The lowest BCUT2D eigenvalue weighted by Crippen LogP contribution is -2.09. The molecule has 22 heavy (non-hydrogen) atoms. The van der Waals surface area contributed by atoms with Crippen molar-refractivity contribution in [1.29, 1.82) is 0 Å². The first kappa shape index (κ1) is 13.5. The van der Waals surface area contributed by atoms with E-state index >= 15 is 0 Å². The molecule has 2 aliphatic carbocycles. The molecule has 0 aromatic heterocycles. The van der Waals surface area contributed by atoms with Gasteiger partial charge in [-0.15, -0.1) is 0 Å². The molecule has 0 spiro atoms. The number of aliphatic hydroxyl groups excluding tert-OH is 1. The van der Waals surface area contributed by atoms with E-state index in [0.29, 0.717) is 17.4 Å². The zero-order valence-corrected chi connectivity index (χ0v) is 12.2. The van der Waals surface area contributed by atoms with Crippen molar-refractivity contribution in [3.05, 3.63) is 70.3 Å². The summed E-state index contributed by atoms with van der Waals surface area (Å²) in [7, 11) is 0. The van der Waals surface area contributed by atoms with Gasteiger partial charge in [0.2, 0.25) is 0 Å². The number of hydrogen-bond donors (Lipinski definition) is 2. The molecule has 2 aliphatic rings. The lowest BCUT2D eigenvalue weighted by Gasteiger charge is -2.19. The number of carboxylic acid groups (broad SMARTS) is 1. The van der Waals surface area contributed by atoms with E-state index in [4.69, 9.17) is 0 Å². The molecule has 0 radical (unpaired) electrons. The Labute approximate surface area is 129 Å². The van der Waals surface area contributed by atoms with E-state index in [9.17, 15) is 15.0 Å². The van der Waals surface area contributed by atoms with Crippen LogP contribution >= 0.6 is 0 Å². The van der Waals surface area contributed by atoms with Gasteiger partial charge in [0, 0.05) is 0 Å². The Kier molecular flexibility index (Phi) is 3.05. The third-order valence-corrected chi connectivity index (χ3v) is 5.22. The van der Waals surface area contributed by atoms with Gasteiger partial charge in [-0.1, -0.05) is 36.4 Å². The van der Waals surface area contributed by atoms with Crippen LogP contribution in [-0.4, -0.2) is 16.2 Å². The molecule has 3 nitrogen and oxygen atoms in total. The second-order valence-corrected chi connectivity index (χ2v) is 6.39. The molecule has 1 saturated carbocycles. The van der Waals surface area contributed by atoms with Gasteiger partial charge in [-0.3, -0.25) is 0 Å². The van der Waals surface area contributed by atoms with Gasteiger partial charge in [0.1, 0.15) is 6.10 Å². The molecule has 2 bridgehead atoms. The lowest BCUT2D eigenvalue weighted by molar-refractivity contribution is 0.0691. The molecule has 3 heteroatoms. The quantitative estimate of drug-likeness (QED) is 0.904. The Morgan fingerprint density at radius 3 is 2.55 bits per heavy atom. The normalized spacial score (nSPS) is 23.3. The number of fused-ring (bicyclic) bond motifs is 5. The van der Waals surface area contributed by atoms with Crippen LogP contribution in [0.5, 0.6) is 0 Å². The van der Waals surface area contributed by atoms with Crippen LogP contribution in [0, 0.1) is 0 Å². The highest BCUT2D eigenvalue weighted by Crippen LogP contribution is 2.53. The van der Waals surface area contributed by atoms with Gasteiger partial charge in [-0.25, -0.2) is 4.79 Å². The number of aromatic carboxylic acids is 1. The van der Waals surface area contributed by atoms with Crippen molar-refractivity contribution in [2.45, 2.75) is 37.2 Å². The van der Waals surface area contributed by atoms with Gasteiger partial charge >= 0.3 is 5.97 Å². The Balaban J connectivity index is 1.74. The van der Waals surface area contributed by atoms with Crippen molar-refractivity contribution in [1.82, 2.24) is 0 Å². The predicted molar refractivity (Wildman–Crippen MR) is 83.2 cm³/mol. The predicted octanol–water partition coefficient (Wildman–Crippen LogP) is 3.83. The minimum atomic E-state index is -1.00. The molecule has 3 unspecified atom stereocenters. The van der Waals surface area contributed by atoms with E-state index in [-0.39, 0.29) is 5.56 Å². The summed E-state index contributed by atoms with van der Waals surface area (Å²) in [5, 5.41) is 20.0. The molecule has 112 valence electrons. The van der Waals surface area contributed by atoms with Crippen LogP contribution in [0.4, 0.5) is 0 Å². The maximum atomic E-state index is 11.3. The van der Waals surface area contributed by atoms with E-state index in [0.717, 1.165) is 5.56 Å². The standard InChI is InChI=1S/C19H18O3/c20-18(15-3-1-2-4-16(15)19(21)22)13-7-8-14-11-5-6-12(9-11)17(14)10-13/h1-4,7-8,10-12,18,20H,5-6,9H2,(H,21,22). The molecule has 0 heterocycles. The van der Waals surface area contributed by atoms with E-state index < -0.39 is 12.1 Å². The SMILES string of the molecule is O=C(O)c1ccccc1C(O)c1ccc2c(c1)C1CCC2C1. The first-order valence-electron chi connectivity index (χ1n) is 7.79. The van der Waals surface area contributed by atoms with E-state index in [1.54, 1.807) is 18.2 Å². The molecule has 3 atom stereocenters. The summed E-state index contributed by atoms with van der Waals surface area (Å²) in [4.78, 5) is 11.3. The van der Waals surface area contributed by atoms with Crippen LogP contribution in [0.15, 0.2) is 42.5 Å². The van der Waals surface area contributed by atoms with Crippen molar-refractivity contribution < 1.29 is 15.0 Å². The van der Waals surface area contributed by atoms with Gasteiger partial charge < -0.3 is 10.2 Å². The fraction of sp³-hybridized carbons (Fsp3) is 0.316.